The first-order valence-corrected chi connectivity index (χ1v) is 10.6. The number of nitrogens with one attached hydrogen (secondary N) is 1. The first-order valence-electron chi connectivity index (χ1n) is 9.16. The van der Waals surface area contributed by atoms with Gasteiger partial charge in [0.2, 0.25) is 0 Å². The number of aliphatic carboxylic acids is 1. The Balaban J connectivity index is 2.21. The van der Waals surface area contributed by atoms with Gasteiger partial charge in [0, 0.05) is 12.8 Å². The van der Waals surface area contributed by atoms with E-state index in [4.69, 9.17) is 4.74 Å². The van der Waals surface area contributed by atoms with E-state index in [1.54, 1.807) is 25.1 Å². The summed E-state index contributed by atoms with van der Waals surface area (Å²) in [6, 6.07) is 8.96. The van der Waals surface area contributed by atoms with E-state index < -0.39 is 32.1 Å². The van der Waals surface area contributed by atoms with E-state index in [0.717, 1.165) is 10.2 Å². The van der Waals surface area contributed by atoms with Gasteiger partial charge in [-0.2, -0.15) is 0 Å². The molecule has 0 saturated carbocycles. The second-order valence-corrected chi connectivity index (χ2v) is 8.66. The van der Waals surface area contributed by atoms with Crippen molar-refractivity contribution in [1.82, 2.24) is 8.96 Å². The zero-order valence-corrected chi connectivity index (χ0v) is 17.5. The van der Waals surface area contributed by atoms with Gasteiger partial charge in [-0.3, -0.25) is 10.1 Å². The Bertz CT molecular complexity index is 1240. The number of nitro groups is 1. The van der Waals surface area contributed by atoms with Crippen LogP contribution in [0.1, 0.15) is 13.8 Å². The number of hydrogen-bond donors (Lipinski definition) is 2. The van der Waals surface area contributed by atoms with E-state index in [1.165, 1.54) is 31.3 Å². The van der Waals surface area contributed by atoms with Crippen LogP contribution in [0, 0.1) is 10.1 Å². The molecule has 0 saturated heterocycles. The lowest BCUT2D eigenvalue weighted by atomic mass is 10.0. The summed E-state index contributed by atoms with van der Waals surface area (Å²) in [7, 11) is -4.03. The SMILES string of the molecule is CCOCC(C)(Nc1c([N+](=O)[O-])cnc2c1ccn2S(=O)(=O)c1ccccc1)C(=O)O. The van der Waals surface area contributed by atoms with Crippen LogP contribution < -0.4 is 5.32 Å². The molecule has 11 nitrogen and oxygen atoms in total. The van der Waals surface area contributed by atoms with Crippen molar-refractivity contribution in [3.8, 4) is 0 Å². The zero-order chi connectivity index (χ0) is 22.8. The monoisotopic (exact) mass is 448 g/mol. The summed E-state index contributed by atoms with van der Waals surface area (Å²) in [4.78, 5) is 26.7. The zero-order valence-electron chi connectivity index (χ0n) is 16.7. The normalized spacial score (nSPS) is 13.6. The van der Waals surface area contributed by atoms with Crippen LogP contribution in [-0.2, 0) is 19.6 Å². The first kappa shape index (κ1) is 22.2. The molecule has 0 aliphatic heterocycles. The third kappa shape index (κ3) is 4.07. The van der Waals surface area contributed by atoms with Gasteiger partial charge in [-0.05, 0) is 32.0 Å². The number of aromatic nitrogens is 2. The van der Waals surface area contributed by atoms with Gasteiger partial charge in [-0.15, -0.1) is 0 Å². The van der Waals surface area contributed by atoms with Crippen molar-refractivity contribution in [2.24, 2.45) is 0 Å². The number of pyridine rings is 1. The van der Waals surface area contributed by atoms with Crippen molar-refractivity contribution in [1.29, 1.82) is 0 Å². The molecule has 164 valence electrons. The van der Waals surface area contributed by atoms with Crippen LogP contribution in [0.3, 0.4) is 0 Å². The molecule has 3 aromatic rings. The van der Waals surface area contributed by atoms with Crippen LogP contribution in [-0.4, -0.2) is 52.1 Å². The maximum absolute atomic E-state index is 13.0. The Kier molecular flexibility index (Phi) is 5.95. The molecular formula is C19H20N4O7S. The van der Waals surface area contributed by atoms with E-state index in [-0.39, 0.29) is 34.8 Å². The highest BCUT2D eigenvalue weighted by Gasteiger charge is 2.37. The van der Waals surface area contributed by atoms with Gasteiger partial charge in [0.15, 0.2) is 11.2 Å². The lowest BCUT2D eigenvalue weighted by molar-refractivity contribution is -0.384. The van der Waals surface area contributed by atoms with Crippen molar-refractivity contribution in [2.75, 3.05) is 18.5 Å². The smallest absolute Gasteiger partial charge is 0.331 e. The molecule has 2 aromatic heterocycles. The lowest BCUT2D eigenvalue weighted by Gasteiger charge is -2.27. The summed E-state index contributed by atoms with van der Waals surface area (Å²) >= 11 is 0. The molecule has 3 rings (SSSR count). The minimum atomic E-state index is -4.03. The molecule has 0 aliphatic carbocycles. The van der Waals surface area contributed by atoms with E-state index in [2.05, 4.69) is 10.3 Å². The highest BCUT2D eigenvalue weighted by atomic mass is 32.2. The number of anilines is 1. The minimum absolute atomic E-state index is 0.00822. The number of carbonyl (C=O) groups is 1. The molecule has 12 heteroatoms. The number of rotatable bonds is 9. The van der Waals surface area contributed by atoms with Gasteiger partial charge in [0.25, 0.3) is 10.0 Å². The number of benzene rings is 1. The maximum atomic E-state index is 13.0. The Morgan fingerprint density at radius 3 is 2.58 bits per heavy atom. The van der Waals surface area contributed by atoms with Crippen LogP contribution in [0.4, 0.5) is 11.4 Å². The summed E-state index contributed by atoms with van der Waals surface area (Å²) in [6.07, 6.45) is 2.11. The Morgan fingerprint density at radius 2 is 2.00 bits per heavy atom. The van der Waals surface area contributed by atoms with Gasteiger partial charge < -0.3 is 15.2 Å². The number of ether oxygens (including phenoxy) is 1. The van der Waals surface area contributed by atoms with Crippen molar-refractivity contribution < 1.29 is 28.0 Å². The molecule has 31 heavy (non-hydrogen) atoms. The summed E-state index contributed by atoms with van der Waals surface area (Å²) < 4.78 is 32.2. The van der Waals surface area contributed by atoms with Crippen LogP contribution >= 0.6 is 0 Å². The Labute approximate surface area is 177 Å². The van der Waals surface area contributed by atoms with E-state index in [0.29, 0.717) is 0 Å². The number of carboxylic acid groups (broad SMARTS) is 1. The topological polar surface area (TPSA) is 154 Å². The van der Waals surface area contributed by atoms with Gasteiger partial charge in [0.1, 0.15) is 11.9 Å². The molecular weight excluding hydrogens is 428 g/mol. The molecule has 0 spiro atoms. The summed E-state index contributed by atoms with van der Waals surface area (Å²) in [5.41, 5.74) is -2.45. The summed E-state index contributed by atoms with van der Waals surface area (Å²) in [6.45, 7) is 2.97. The highest BCUT2D eigenvalue weighted by Crippen LogP contribution is 2.35. The fourth-order valence-electron chi connectivity index (χ4n) is 2.96. The fourth-order valence-corrected chi connectivity index (χ4v) is 4.28. The fraction of sp³-hybridized carbons (Fsp3) is 0.263. The average molecular weight is 448 g/mol. The summed E-state index contributed by atoms with van der Waals surface area (Å²) in [5, 5.41) is 24.0. The number of hydrogen-bond acceptors (Lipinski definition) is 8. The van der Waals surface area contributed by atoms with Crippen LogP contribution in [0.25, 0.3) is 11.0 Å². The number of nitrogens with zero attached hydrogens (tertiary/aromatic N) is 3. The molecule has 2 heterocycles. The molecule has 0 radical (unpaired) electrons. The van der Waals surface area contributed by atoms with E-state index in [9.17, 15) is 28.4 Å². The second-order valence-electron chi connectivity index (χ2n) is 6.84. The van der Waals surface area contributed by atoms with Gasteiger partial charge in [-0.25, -0.2) is 22.2 Å². The van der Waals surface area contributed by atoms with Crippen molar-refractivity contribution in [3.05, 3.63) is 58.9 Å². The first-order chi connectivity index (χ1) is 14.6. The predicted molar refractivity (Wildman–Crippen MR) is 112 cm³/mol. The standard InChI is InChI=1S/C19H20N4O7S/c1-3-30-12-19(2,18(24)25)21-16-14-9-10-22(17(14)20-11-15(16)23(26)27)31(28,29)13-7-5-4-6-8-13/h4-11H,3,12H2,1-2H3,(H,20,21)(H,24,25). The van der Waals surface area contributed by atoms with Crippen LogP contribution in [0.15, 0.2) is 53.7 Å². The molecule has 0 aliphatic rings. The Morgan fingerprint density at radius 1 is 1.32 bits per heavy atom. The van der Waals surface area contributed by atoms with Crippen LogP contribution in [0.5, 0.6) is 0 Å². The number of fused-ring (bicyclic) bond motifs is 1. The minimum Gasteiger partial charge on any atom is -0.479 e. The summed E-state index contributed by atoms with van der Waals surface area (Å²) in [5.74, 6) is -1.29. The van der Waals surface area contributed by atoms with Gasteiger partial charge in [-0.1, -0.05) is 18.2 Å². The number of carboxylic acids is 1. The lowest BCUT2D eigenvalue weighted by Crippen LogP contribution is -2.47. The third-order valence-electron chi connectivity index (χ3n) is 4.63. The second kappa shape index (κ2) is 8.32. The molecule has 1 atom stereocenters. The van der Waals surface area contributed by atoms with Crippen LogP contribution in [0.2, 0.25) is 0 Å². The van der Waals surface area contributed by atoms with Crippen molar-refractivity contribution in [3.63, 3.8) is 0 Å². The van der Waals surface area contributed by atoms with Gasteiger partial charge >= 0.3 is 11.7 Å². The van der Waals surface area contributed by atoms with E-state index >= 15 is 0 Å². The molecule has 0 amide bonds. The maximum Gasteiger partial charge on any atom is 0.331 e. The van der Waals surface area contributed by atoms with Crippen molar-refractivity contribution in [2.45, 2.75) is 24.3 Å². The predicted octanol–water partition coefficient (Wildman–Crippen LogP) is 2.47. The quantitative estimate of drug-likeness (QED) is 0.371. The highest BCUT2D eigenvalue weighted by molar-refractivity contribution is 7.90. The van der Waals surface area contributed by atoms with E-state index in [1.807, 2.05) is 0 Å². The molecule has 0 bridgehead atoms. The molecule has 1 unspecified atom stereocenters. The van der Waals surface area contributed by atoms with Gasteiger partial charge in [0.05, 0.1) is 21.8 Å². The largest absolute Gasteiger partial charge is 0.479 e. The molecule has 2 N–H and O–H groups in total. The average Bonchev–Trinajstić information content (AvgIpc) is 3.18. The Hall–Kier alpha value is -3.51. The third-order valence-corrected chi connectivity index (χ3v) is 6.31. The molecule has 1 aromatic carbocycles. The van der Waals surface area contributed by atoms with Crippen molar-refractivity contribution >= 4 is 38.4 Å². The molecule has 0 fully saturated rings.